The summed E-state index contributed by atoms with van der Waals surface area (Å²) in [5, 5.41) is 3.06. The zero-order valence-electron chi connectivity index (χ0n) is 19.2. The highest BCUT2D eigenvalue weighted by Crippen LogP contribution is 2.25. The molecule has 2 aromatic rings. The quantitative estimate of drug-likeness (QED) is 0.575. The fourth-order valence-corrected chi connectivity index (χ4v) is 6.50. The van der Waals surface area contributed by atoms with Crippen LogP contribution >= 0.6 is 11.8 Å². The van der Waals surface area contributed by atoms with Gasteiger partial charge in [0.25, 0.3) is 0 Å². The smallest absolute Gasteiger partial charge is 0.243 e. The summed E-state index contributed by atoms with van der Waals surface area (Å²) in [5.74, 6) is -0.135. The second-order valence-electron chi connectivity index (χ2n) is 8.87. The van der Waals surface area contributed by atoms with Gasteiger partial charge < -0.3 is 5.32 Å². The van der Waals surface area contributed by atoms with E-state index >= 15 is 0 Å². The van der Waals surface area contributed by atoms with Crippen molar-refractivity contribution in [1.29, 1.82) is 0 Å². The predicted molar refractivity (Wildman–Crippen MR) is 133 cm³/mol. The number of hydrogen-bond acceptors (Lipinski definition) is 5. The van der Waals surface area contributed by atoms with Gasteiger partial charge in [0.05, 0.1) is 4.90 Å². The zero-order valence-corrected chi connectivity index (χ0v) is 20.8. The van der Waals surface area contributed by atoms with Crippen LogP contribution in [-0.2, 0) is 27.9 Å². The lowest BCUT2D eigenvalue weighted by Crippen LogP contribution is -2.42. The van der Waals surface area contributed by atoms with Gasteiger partial charge in [0.15, 0.2) is 0 Å². The summed E-state index contributed by atoms with van der Waals surface area (Å²) in [7, 11) is -3.52. The molecule has 2 fully saturated rings. The van der Waals surface area contributed by atoms with Crippen molar-refractivity contribution in [3.8, 4) is 0 Å². The van der Waals surface area contributed by atoms with E-state index in [1.165, 1.54) is 35.8 Å². The maximum atomic E-state index is 12.9. The Morgan fingerprint density at radius 2 is 1.67 bits per heavy atom. The maximum Gasteiger partial charge on any atom is 0.243 e. The Morgan fingerprint density at radius 3 is 2.33 bits per heavy atom. The second kappa shape index (κ2) is 11.0. The first kappa shape index (κ1) is 24.3. The zero-order chi connectivity index (χ0) is 23.3. The molecule has 8 heteroatoms. The molecular weight excluding hydrogens is 454 g/mol. The van der Waals surface area contributed by atoms with Crippen molar-refractivity contribution in [2.24, 2.45) is 5.92 Å². The molecule has 0 saturated carbocycles. The third-order valence-corrected chi connectivity index (χ3v) is 9.24. The number of nitrogens with one attached hydrogen (secondary N) is 1. The predicted octanol–water partition coefficient (Wildman–Crippen LogP) is 3.72. The third kappa shape index (κ3) is 6.18. The molecule has 1 amide bonds. The molecule has 0 radical (unpaired) electrons. The molecule has 2 heterocycles. The SMILES string of the molecule is CSc1ccc(S(=O)(=O)N2CCC(C(=O)NCc3cccc(CN4CCCC4)c3)CC2)cc1. The van der Waals surface area contributed by atoms with E-state index in [2.05, 4.69) is 28.4 Å². The van der Waals surface area contributed by atoms with Gasteiger partial charge in [-0.05, 0) is 80.4 Å². The summed E-state index contributed by atoms with van der Waals surface area (Å²) < 4.78 is 27.4. The van der Waals surface area contributed by atoms with E-state index in [9.17, 15) is 13.2 Å². The Bertz CT molecular complexity index is 1040. The van der Waals surface area contributed by atoms with Crippen LogP contribution in [0.25, 0.3) is 0 Å². The maximum absolute atomic E-state index is 12.9. The lowest BCUT2D eigenvalue weighted by atomic mass is 9.97. The van der Waals surface area contributed by atoms with Crippen molar-refractivity contribution >= 4 is 27.7 Å². The standard InChI is InChI=1S/C25H33N3O3S2/c1-32-23-7-9-24(10-8-23)33(30,31)28-15-11-22(12-16-28)25(29)26-18-20-5-4-6-21(17-20)19-27-13-2-3-14-27/h4-10,17,22H,2-3,11-16,18-19H2,1H3,(H,26,29). The number of carbonyl (C=O) groups is 1. The van der Waals surface area contributed by atoms with E-state index in [-0.39, 0.29) is 11.8 Å². The van der Waals surface area contributed by atoms with Crippen LogP contribution in [0.4, 0.5) is 0 Å². The fraction of sp³-hybridized carbons (Fsp3) is 0.480. The van der Waals surface area contributed by atoms with Crippen LogP contribution in [0.3, 0.4) is 0 Å². The number of hydrogen-bond donors (Lipinski definition) is 1. The molecule has 33 heavy (non-hydrogen) atoms. The molecule has 0 bridgehead atoms. The summed E-state index contributed by atoms with van der Waals surface area (Å²) in [6, 6.07) is 15.4. The highest BCUT2D eigenvalue weighted by Gasteiger charge is 2.32. The van der Waals surface area contributed by atoms with Crippen molar-refractivity contribution in [3.05, 3.63) is 59.7 Å². The van der Waals surface area contributed by atoms with E-state index < -0.39 is 10.0 Å². The number of benzene rings is 2. The highest BCUT2D eigenvalue weighted by atomic mass is 32.2. The summed E-state index contributed by atoms with van der Waals surface area (Å²) in [6.07, 6.45) is 5.61. The van der Waals surface area contributed by atoms with Crippen LogP contribution in [0, 0.1) is 5.92 Å². The van der Waals surface area contributed by atoms with Gasteiger partial charge in [-0.1, -0.05) is 24.3 Å². The first-order chi connectivity index (χ1) is 16.0. The van der Waals surface area contributed by atoms with Gasteiger partial charge in [0.2, 0.25) is 15.9 Å². The van der Waals surface area contributed by atoms with Crippen molar-refractivity contribution in [3.63, 3.8) is 0 Å². The van der Waals surface area contributed by atoms with E-state index in [0.29, 0.717) is 37.4 Å². The van der Waals surface area contributed by atoms with Crippen LogP contribution in [-0.4, -0.2) is 56.0 Å². The number of carbonyl (C=O) groups excluding carboxylic acids is 1. The number of amides is 1. The summed E-state index contributed by atoms with van der Waals surface area (Å²) in [6.45, 7) is 4.55. The molecule has 178 valence electrons. The molecule has 0 spiro atoms. The topological polar surface area (TPSA) is 69.7 Å². The minimum absolute atomic E-state index is 0.0151. The Labute approximate surface area is 201 Å². The molecule has 0 aromatic heterocycles. The number of piperidine rings is 1. The van der Waals surface area contributed by atoms with Crippen molar-refractivity contribution in [2.75, 3.05) is 32.4 Å². The van der Waals surface area contributed by atoms with E-state index in [0.717, 1.165) is 17.0 Å². The number of rotatable bonds is 8. The van der Waals surface area contributed by atoms with Gasteiger partial charge in [-0.3, -0.25) is 9.69 Å². The van der Waals surface area contributed by atoms with Crippen LogP contribution in [0.5, 0.6) is 0 Å². The monoisotopic (exact) mass is 487 g/mol. The van der Waals surface area contributed by atoms with Gasteiger partial charge in [-0.25, -0.2) is 8.42 Å². The first-order valence-corrected chi connectivity index (χ1v) is 14.3. The van der Waals surface area contributed by atoms with Crippen molar-refractivity contribution in [2.45, 2.75) is 48.6 Å². The Kier molecular flexibility index (Phi) is 8.11. The largest absolute Gasteiger partial charge is 0.352 e. The van der Waals surface area contributed by atoms with Gasteiger partial charge >= 0.3 is 0 Å². The van der Waals surface area contributed by atoms with E-state index in [4.69, 9.17) is 0 Å². The number of sulfonamides is 1. The summed E-state index contributed by atoms with van der Waals surface area (Å²) in [5.41, 5.74) is 2.39. The lowest BCUT2D eigenvalue weighted by molar-refractivity contribution is -0.126. The molecule has 2 aliphatic rings. The van der Waals surface area contributed by atoms with Gasteiger partial charge in [0.1, 0.15) is 0 Å². The molecule has 0 aliphatic carbocycles. The molecule has 6 nitrogen and oxygen atoms in total. The van der Waals surface area contributed by atoms with E-state index in [1.54, 1.807) is 23.9 Å². The van der Waals surface area contributed by atoms with E-state index in [1.807, 2.05) is 24.5 Å². The lowest BCUT2D eigenvalue weighted by Gasteiger charge is -2.30. The summed E-state index contributed by atoms with van der Waals surface area (Å²) >= 11 is 1.58. The molecule has 0 atom stereocenters. The molecular formula is C25H33N3O3S2. The average molecular weight is 488 g/mol. The Morgan fingerprint density at radius 1 is 1.00 bits per heavy atom. The van der Waals surface area contributed by atoms with Gasteiger partial charge in [0, 0.05) is 37.0 Å². The minimum atomic E-state index is -3.52. The minimum Gasteiger partial charge on any atom is -0.352 e. The van der Waals surface area contributed by atoms with Gasteiger partial charge in [-0.2, -0.15) is 4.31 Å². The molecule has 2 aromatic carbocycles. The molecule has 2 saturated heterocycles. The molecule has 0 unspecified atom stereocenters. The highest BCUT2D eigenvalue weighted by molar-refractivity contribution is 7.98. The van der Waals surface area contributed by atoms with Crippen LogP contribution in [0.15, 0.2) is 58.3 Å². The van der Waals surface area contributed by atoms with Crippen LogP contribution < -0.4 is 5.32 Å². The normalized spacial score (nSPS) is 18.5. The molecule has 1 N–H and O–H groups in total. The Hall–Kier alpha value is -1.87. The van der Waals surface area contributed by atoms with Crippen molar-refractivity contribution < 1.29 is 13.2 Å². The fourth-order valence-electron chi connectivity index (χ4n) is 4.63. The van der Waals surface area contributed by atoms with Gasteiger partial charge in [-0.15, -0.1) is 11.8 Å². The number of likely N-dealkylation sites (tertiary alicyclic amines) is 1. The first-order valence-electron chi connectivity index (χ1n) is 11.7. The number of thioether (sulfide) groups is 1. The third-order valence-electron chi connectivity index (χ3n) is 6.58. The van der Waals surface area contributed by atoms with Crippen LogP contribution in [0.1, 0.15) is 36.8 Å². The van der Waals surface area contributed by atoms with Crippen molar-refractivity contribution in [1.82, 2.24) is 14.5 Å². The second-order valence-corrected chi connectivity index (χ2v) is 11.7. The Balaban J connectivity index is 1.27. The van der Waals surface area contributed by atoms with Crippen LogP contribution in [0.2, 0.25) is 0 Å². The molecule has 4 rings (SSSR count). The molecule has 2 aliphatic heterocycles. The average Bonchev–Trinajstić information content (AvgIpc) is 3.36. The summed E-state index contributed by atoms with van der Waals surface area (Å²) in [4.78, 5) is 16.6. The number of nitrogens with zero attached hydrogens (tertiary/aromatic N) is 2.